The summed E-state index contributed by atoms with van der Waals surface area (Å²) in [5.41, 5.74) is 3.33. The number of rotatable bonds is 3. The average Bonchev–Trinajstić information content (AvgIpc) is 2.10. The molecule has 0 radical (unpaired) electrons. The largest absolute Gasteiger partial charge is 0.359 e. The van der Waals surface area contributed by atoms with Gasteiger partial charge in [-0.15, -0.1) is 0 Å². The van der Waals surface area contributed by atoms with Gasteiger partial charge in [0, 0.05) is 11.4 Å². The Labute approximate surface area is 90.3 Å². The van der Waals surface area contributed by atoms with Gasteiger partial charge in [-0.3, -0.25) is 0 Å². The highest BCUT2D eigenvalue weighted by Crippen LogP contribution is 2.15. The van der Waals surface area contributed by atoms with Crippen molar-refractivity contribution in [3.63, 3.8) is 0 Å². The number of hydrogen-bond acceptors (Lipinski definition) is 1. The third-order valence-corrected chi connectivity index (χ3v) is 1.98. The highest BCUT2D eigenvalue weighted by atomic mass is 19.1. The Morgan fingerprint density at radius 1 is 1.40 bits per heavy atom. The second-order valence-electron chi connectivity index (χ2n) is 3.76. The van der Waals surface area contributed by atoms with Crippen molar-refractivity contribution in [1.82, 2.24) is 0 Å². The Bertz CT molecular complexity index is 405. The van der Waals surface area contributed by atoms with Crippen molar-refractivity contribution in [2.24, 2.45) is 0 Å². The van der Waals surface area contributed by atoms with E-state index in [0.29, 0.717) is 5.56 Å². The van der Waals surface area contributed by atoms with E-state index in [1.807, 2.05) is 26.0 Å². The summed E-state index contributed by atoms with van der Waals surface area (Å²) in [6.45, 7) is 9.36. The van der Waals surface area contributed by atoms with Crippen LogP contribution < -0.4 is 5.32 Å². The van der Waals surface area contributed by atoms with Gasteiger partial charge in [0.25, 0.3) is 0 Å². The molecule has 1 rings (SSSR count). The number of aryl methyl sites for hydroxylation is 1. The van der Waals surface area contributed by atoms with Crippen LogP contribution >= 0.6 is 0 Å². The van der Waals surface area contributed by atoms with Gasteiger partial charge < -0.3 is 5.32 Å². The van der Waals surface area contributed by atoms with Crippen molar-refractivity contribution in [2.75, 3.05) is 5.32 Å². The summed E-state index contributed by atoms with van der Waals surface area (Å²) < 4.78 is 13.2. The maximum atomic E-state index is 13.2. The van der Waals surface area contributed by atoms with Crippen LogP contribution in [0.15, 0.2) is 42.1 Å². The van der Waals surface area contributed by atoms with Crippen molar-refractivity contribution < 1.29 is 4.39 Å². The first-order chi connectivity index (χ1) is 6.99. The number of allylic oxidation sites excluding steroid dienone is 3. The van der Waals surface area contributed by atoms with Gasteiger partial charge in [-0.25, -0.2) is 4.39 Å². The molecular formula is C13H16FN. The van der Waals surface area contributed by atoms with E-state index in [9.17, 15) is 4.39 Å². The molecule has 1 aromatic carbocycles. The Hall–Kier alpha value is -1.57. The first-order valence-electron chi connectivity index (χ1n) is 4.86. The SMILES string of the molecule is C=C(C)/C=C(\C)Nc1ccc(C)c(F)c1. The van der Waals surface area contributed by atoms with Gasteiger partial charge >= 0.3 is 0 Å². The molecule has 0 atom stereocenters. The van der Waals surface area contributed by atoms with E-state index in [4.69, 9.17) is 0 Å². The molecule has 0 aliphatic carbocycles. The minimum absolute atomic E-state index is 0.192. The van der Waals surface area contributed by atoms with Crippen molar-refractivity contribution in [1.29, 1.82) is 0 Å². The molecule has 0 aromatic heterocycles. The summed E-state index contributed by atoms with van der Waals surface area (Å²) in [7, 11) is 0. The highest BCUT2D eigenvalue weighted by Gasteiger charge is 1.98. The highest BCUT2D eigenvalue weighted by molar-refractivity contribution is 5.50. The lowest BCUT2D eigenvalue weighted by molar-refractivity contribution is 0.619. The van der Waals surface area contributed by atoms with Gasteiger partial charge in [0.1, 0.15) is 5.82 Å². The zero-order chi connectivity index (χ0) is 11.4. The second-order valence-corrected chi connectivity index (χ2v) is 3.76. The van der Waals surface area contributed by atoms with Crippen LogP contribution in [0.3, 0.4) is 0 Å². The molecule has 0 saturated heterocycles. The number of benzene rings is 1. The standard InChI is InChI=1S/C13H16FN/c1-9(2)7-11(4)15-12-6-5-10(3)13(14)8-12/h5-8,15H,1H2,2-4H3/b11-7+. The molecular weight excluding hydrogens is 189 g/mol. The number of nitrogens with one attached hydrogen (secondary N) is 1. The third kappa shape index (κ3) is 3.58. The Kier molecular flexibility index (Phi) is 3.67. The van der Waals surface area contributed by atoms with Gasteiger partial charge in [-0.2, -0.15) is 0 Å². The van der Waals surface area contributed by atoms with Gasteiger partial charge in [0.15, 0.2) is 0 Å². The van der Waals surface area contributed by atoms with Crippen LogP contribution in [0.2, 0.25) is 0 Å². The molecule has 0 spiro atoms. The molecule has 0 amide bonds. The number of halogens is 1. The van der Waals surface area contributed by atoms with E-state index in [2.05, 4.69) is 11.9 Å². The van der Waals surface area contributed by atoms with Crippen molar-refractivity contribution in [3.8, 4) is 0 Å². The van der Waals surface area contributed by atoms with Gasteiger partial charge in [-0.05, 0) is 44.5 Å². The molecule has 0 saturated carbocycles. The van der Waals surface area contributed by atoms with Crippen molar-refractivity contribution >= 4 is 5.69 Å². The lowest BCUT2D eigenvalue weighted by Gasteiger charge is -2.07. The lowest BCUT2D eigenvalue weighted by atomic mass is 10.2. The smallest absolute Gasteiger partial charge is 0.128 e. The number of anilines is 1. The summed E-state index contributed by atoms with van der Waals surface area (Å²) in [6.07, 6.45) is 1.91. The second kappa shape index (κ2) is 4.78. The zero-order valence-electron chi connectivity index (χ0n) is 9.39. The predicted molar refractivity (Wildman–Crippen MR) is 63.3 cm³/mol. The minimum atomic E-state index is -0.192. The van der Waals surface area contributed by atoms with E-state index in [1.54, 1.807) is 13.0 Å². The summed E-state index contributed by atoms with van der Waals surface area (Å²) in [4.78, 5) is 0. The summed E-state index contributed by atoms with van der Waals surface area (Å²) in [5, 5.41) is 3.10. The van der Waals surface area contributed by atoms with E-state index >= 15 is 0 Å². The first kappa shape index (κ1) is 11.5. The van der Waals surface area contributed by atoms with Crippen LogP contribution in [0.4, 0.5) is 10.1 Å². The Balaban J connectivity index is 2.82. The summed E-state index contributed by atoms with van der Waals surface area (Å²) in [5.74, 6) is -0.192. The molecule has 1 nitrogen and oxygen atoms in total. The zero-order valence-corrected chi connectivity index (χ0v) is 9.39. The van der Waals surface area contributed by atoms with E-state index in [-0.39, 0.29) is 5.82 Å². The van der Waals surface area contributed by atoms with E-state index < -0.39 is 0 Å². The quantitative estimate of drug-likeness (QED) is 0.735. The van der Waals surface area contributed by atoms with Crippen LogP contribution in [-0.2, 0) is 0 Å². The van der Waals surface area contributed by atoms with E-state index in [1.165, 1.54) is 6.07 Å². The van der Waals surface area contributed by atoms with Gasteiger partial charge in [0.05, 0.1) is 0 Å². The first-order valence-corrected chi connectivity index (χ1v) is 4.86. The molecule has 0 unspecified atom stereocenters. The fourth-order valence-electron chi connectivity index (χ4n) is 1.30. The molecule has 0 heterocycles. The van der Waals surface area contributed by atoms with Crippen LogP contribution in [0.5, 0.6) is 0 Å². The monoisotopic (exact) mass is 205 g/mol. The maximum absolute atomic E-state index is 13.2. The maximum Gasteiger partial charge on any atom is 0.128 e. The fourth-order valence-corrected chi connectivity index (χ4v) is 1.30. The van der Waals surface area contributed by atoms with Crippen LogP contribution in [0.1, 0.15) is 19.4 Å². The lowest BCUT2D eigenvalue weighted by Crippen LogP contribution is -1.96. The van der Waals surface area contributed by atoms with Gasteiger partial charge in [0.2, 0.25) is 0 Å². The molecule has 1 aromatic rings. The fraction of sp³-hybridized carbons (Fsp3) is 0.231. The summed E-state index contributed by atoms with van der Waals surface area (Å²) in [6, 6.07) is 5.10. The molecule has 15 heavy (non-hydrogen) atoms. The molecule has 0 aliphatic heterocycles. The molecule has 0 aliphatic rings. The summed E-state index contributed by atoms with van der Waals surface area (Å²) >= 11 is 0. The molecule has 1 N–H and O–H groups in total. The van der Waals surface area contributed by atoms with Crippen LogP contribution in [-0.4, -0.2) is 0 Å². The Morgan fingerprint density at radius 2 is 2.07 bits per heavy atom. The third-order valence-electron chi connectivity index (χ3n) is 1.98. The van der Waals surface area contributed by atoms with Gasteiger partial charge in [-0.1, -0.05) is 18.2 Å². The molecule has 0 bridgehead atoms. The molecule has 2 heteroatoms. The van der Waals surface area contributed by atoms with Crippen LogP contribution in [0, 0.1) is 12.7 Å². The Morgan fingerprint density at radius 3 is 2.60 bits per heavy atom. The van der Waals surface area contributed by atoms with E-state index in [0.717, 1.165) is 17.0 Å². The average molecular weight is 205 g/mol. The topological polar surface area (TPSA) is 12.0 Å². The van der Waals surface area contributed by atoms with Crippen molar-refractivity contribution in [3.05, 3.63) is 53.5 Å². The van der Waals surface area contributed by atoms with Crippen molar-refractivity contribution in [2.45, 2.75) is 20.8 Å². The number of hydrogen-bond donors (Lipinski definition) is 1. The normalized spacial score (nSPS) is 11.3. The predicted octanol–water partition coefficient (Wildman–Crippen LogP) is 4.03. The van der Waals surface area contributed by atoms with Crippen LogP contribution in [0.25, 0.3) is 0 Å². The molecule has 80 valence electrons. The molecule has 0 fully saturated rings. The minimum Gasteiger partial charge on any atom is -0.359 e.